The van der Waals surface area contributed by atoms with Crippen LogP contribution in [0.5, 0.6) is 11.5 Å². The van der Waals surface area contributed by atoms with Gasteiger partial charge in [0.25, 0.3) is 0 Å². The lowest BCUT2D eigenvalue weighted by atomic mass is 10.2. The molecular formula is C18H20ClN3O2. The van der Waals surface area contributed by atoms with Crippen LogP contribution < -0.4 is 0 Å². The average molecular weight is 346 g/mol. The summed E-state index contributed by atoms with van der Waals surface area (Å²) in [6.07, 6.45) is 1.70. The van der Waals surface area contributed by atoms with Gasteiger partial charge in [-0.3, -0.25) is 9.91 Å². The third-order valence-electron chi connectivity index (χ3n) is 4.07. The fraction of sp³-hybridized carbons (Fsp3) is 0.278. The Balaban J connectivity index is 1.52. The number of halogens is 1. The third-order valence-corrected chi connectivity index (χ3v) is 4.44. The first-order chi connectivity index (χ1) is 11.6. The van der Waals surface area contributed by atoms with Gasteiger partial charge >= 0.3 is 0 Å². The minimum absolute atomic E-state index is 0.125. The maximum absolute atomic E-state index is 9.49. The van der Waals surface area contributed by atoms with Crippen LogP contribution >= 0.6 is 11.6 Å². The molecule has 0 aliphatic carbocycles. The maximum atomic E-state index is 9.49. The van der Waals surface area contributed by atoms with Gasteiger partial charge in [-0.1, -0.05) is 29.8 Å². The molecule has 1 saturated heterocycles. The molecule has 6 heteroatoms. The summed E-state index contributed by atoms with van der Waals surface area (Å²) in [5, 5.41) is 26.1. The number of piperazine rings is 1. The summed E-state index contributed by atoms with van der Waals surface area (Å²) < 4.78 is 0. The molecule has 1 aliphatic rings. The number of hydrogen-bond acceptors (Lipinski definition) is 5. The smallest absolute Gasteiger partial charge is 0.158 e. The van der Waals surface area contributed by atoms with Gasteiger partial charge in [0, 0.05) is 37.7 Å². The molecule has 1 fully saturated rings. The zero-order valence-electron chi connectivity index (χ0n) is 13.3. The Bertz CT molecular complexity index is 728. The van der Waals surface area contributed by atoms with E-state index in [0.29, 0.717) is 0 Å². The second-order valence-electron chi connectivity index (χ2n) is 5.81. The van der Waals surface area contributed by atoms with Crippen molar-refractivity contribution in [2.75, 3.05) is 26.2 Å². The molecule has 24 heavy (non-hydrogen) atoms. The monoisotopic (exact) mass is 345 g/mol. The van der Waals surface area contributed by atoms with E-state index in [1.807, 2.05) is 23.2 Å². The Morgan fingerprint density at radius 3 is 2.46 bits per heavy atom. The van der Waals surface area contributed by atoms with Gasteiger partial charge in [-0.05, 0) is 35.4 Å². The fourth-order valence-electron chi connectivity index (χ4n) is 2.65. The predicted octanol–water partition coefficient (Wildman–Crippen LogP) is 2.90. The van der Waals surface area contributed by atoms with E-state index in [1.54, 1.807) is 12.3 Å². The van der Waals surface area contributed by atoms with Gasteiger partial charge in [-0.25, -0.2) is 0 Å². The first kappa shape index (κ1) is 16.6. The molecule has 0 atom stereocenters. The number of hydrogen-bond donors (Lipinski definition) is 2. The molecular weight excluding hydrogens is 326 g/mol. The zero-order valence-corrected chi connectivity index (χ0v) is 14.0. The second kappa shape index (κ2) is 7.55. The summed E-state index contributed by atoms with van der Waals surface area (Å²) in [6.45, 7) is 4.37. The Morgan fingerprint density at radius 1 is 1.00 bits per heavy atom. The standard InChI is InChI=1S/C18H20ClN3O2/c19-16-4-2-1-3-15(16)13-21-7-9-22(10-8-21)20-12-14-5-6-17(23)18(24)11-14/h1-6,11-12,23-24H,7-10,13H2/b20-12-. The Kier molecular flexibility index (Phi) is 5.23. The number of phenolic OH excluding ortho intramolecular Hbond substituents is 2. The van der Waals surface area contributed by atoms with E-state index in [4.69, 9.17) is 11.6 Å². The molecule has 5 nitrogen and oxygen atoms in total. The van der Waals surface area contributed by atoms with Crippen LogP contribution in [-0.4, -0.2) is 52.5 Å². The van der Waals surface area contributed by atoms with E-state index < -0.39 is 0 Å². The van der Waals surface area contributed by atoms with Crippen molar-refractivity contribution in [1.82, 2.24) is 9.91 Å². The lowest BCUT2D eigenvalue weighted by molar-refractivity contribution is 0.131. The quantitative estimate of drug-likeness (QED) is 0.661. The van der Waals surface area contributed by atoms with Crippen LogP contribution in [-0.2, 0) is 6.54 Å². The first-order valence-electron chi connectivity index (χ1n) is 7.88. The minimum Gasteiger partial charge on any atom is -0.504 e. The number of hydrazone groups is 1. The third kappa shape index (κ3) is 4.19. The van der Waals surface area contributed by atoms with Crippen LogP contribution in [0.2, 0.25) is 5.02 Å². The molecule has 3 rings (SSSR count). The summed E-state index contributed by atoms with van der Waals surface area (Å²) in [7, 11) is 0. The van der Waals surface area contributed by atoms with Crippen LogP contribution in [0.3, 0.4) is 0 Å². The van der Waals surface area contributed by atoms with E-state index in [2.05, 4.69) is 16.1 Å². The molecule has 1 aliphatic heterocycles. The van der Waals surface area contributed by atoms with Crippen molar-refractivity contribution < 1.29 is 10.2 Å². The van der Waals surface area contributed by atoms with Gasteiger partial charge in [-0.2, -0.15) is 5.10 Å². The summed E-state index contributed by atoms with van der Waals surface area (Å²) in [5.41, 5.74) is 1.90. The maximum Gasteiger partial charge on any atom is 0.158 e. The zero-order chi connectivity index (χ0) is 16.9. The van der Waals surface area contributed by atoms with Crippen LogP contribution in [0.1, 0.15) is 11.1 Å². The number of rotatable bonds is 4. The summed E-state index contributed by atoms with van der Waals surface area (Å²) >= 11 is 6.21. The van der Waals surface area contributed by atoms with Gasteiger partial charge in [0.15, 0.2) is 11.5 Å². The Labute approximate surface area is 146 Å². The van der Waals surface area contributed by atoms with Crippen molar-refractivity contribution in [2.45, 2.75) is 6.54 Å². The summed E-state index contributed by atoms with van der Waals surface area (Å²) in [4.78, 5) is 2.36. The lowest BCUT2D eigenvalue weighted by Gasteiger charge is -2.33. The Morgan fingerprint density at radius 2 is 1.75 bits per heavy atom. The van der Waals surface area contributed by atoms with Crippen molar-refractivity contribution in [3.63, 3.8) is 0 Å². The number of phenols is 2. The fourth-order valence-corrected chi connectivity index (χ4v) is 2.84. The topological polar surface area (TPSA) is 59.3 Å². The van der Waals surface area contributed by atoms with Crippen molar-refractivity contribution in [2.24, 2.45) is 5.10 Å². The molecule has 1 heterocycles. The van der Waals surface area contributed by atoms with E-state index >= 15 is 0 Å². The highest BCUT2D eigenvalue weighted by molar-refractivity contribution is 6.31. The summed E-state index contributed by atoms with van der Waals surface area (Å²) in [6, 6.07) is 12.6. The van der Waals surface area contributed by atoms with E-state index in [1.165, 1.54) is 12.1 Å². The molecule has 0 saturated carbocycles. The van der Waals surface area contributed by atoms with Crippen LogP contribution in [0.15, 0.2) is 47.6 Å². The molecule has 0 aromatic heterocycles. The second-order valence-corrected chi connectivity index (χ2v) is 6.22. The van der Waals surface area contributed by atoms with E-state index in [-0.39, 0.29) is 11.5 Å². The molecule has 2 N–H and O–H groups in total. The van der Waals surface area contributed by atoms with Gasteiger partial charge in [0.2, 0.25) is 0 Å². The van der Waals surface area contributed by atoms with Gasteiger partial charge in [-0.15, -0.1) is 0 Å². The van der Waals surface area contributed by atoms with Crippen molar-refractivity contribution in [1.29, 1.82) is 0 Å². The summed E-state index contributed by atoms with van der Waals surface area (Å²) in [5.74, 6) is -0.260. The number of nitrogens with zero attached hydrogens (tertiary/aromatic N) is 3. The normalized spacial score (nSPS) is 16.0. The average Bonchev–Trinajstić information content (AvgIpc) is 2.59. The molecule has 0 radical (unpaired) electrons. The largest absolute Gasteiger partial charge is 0.504 e. The molecule has 2 aromatic carbocycles. The van der Waals surface area contributed by atoms with Crippen LogP contribution in [0, 0.1) is 0 Å². The van der Waals surface area contributed by atoms with E-state index in [9.17, 15) is 10.2 Å². The lowest BCUT2D eigenvalue weighted by Crippen LogP contribution is -2.43. The van der Waals surface area contributed by atoms with Crippen molar-refractivity contribution in [3.8, 4) is 11.5 Å². The molecule has 2 aromatic rings. The van der Waals surface area contributed by atoms with Crippen molar-refractivity contribution >= 4 is 17.8 Å². The van der Waals surface area contributed by atoms with Gasteiger partial charge in [0.1, 0.15) is 0 Å². The number of aromatic hydroxyl groups is 2. The highest BCUT2D eigenvalue weighted by Crippen LogP contribution is 2.24. The minimum atomic E-state index is -0.136. The predicted molar refractivity (Wildman–Crippen MR) is 95.7 cm³/mol. The molecule has 126 valence electrons. The van der Waals surface area contributed by atoms with Crippen LogP contribution in [0.4, 0.5) is 0 Å². The molecule has 0 unspecified atom stereocenters. The molecule has 0 spiro atoms. The Hall–Kier alpha value is -2.24. The van der Waals surface area contributed by atoms with E-state index in [0.717, 1.165) is 48.9 Å². The van der Waals surface area contributed by atoms with Crippen molar-refractivity contribution in [3.05, 3.63) is 58.6 Å². The number of benzene rings is 2. The van der Waals surface area contributed by atoms with Crippen LogP contribution in [0.25, 0.3) is 0 Å². The van der Waals surface area contributed by atoms with Gasteiger partial charge in [0.05, 0.1) is 6.21 Å². The SMILES string of the molecule is Oc1ccc(/C=N\N2CCN(Cc3ccccc3Cl)CC2)cc1O. The highest BCUT2D eigenvalue weighted by Gasteiger charge is 2.16. The molecule has 0 amide bonds. The molecule has 0 bridgehead atoms. The van der Waals surface area contributed by atoms with Gasteiger partial charge < -0.3 is 10.2 Å². The highest BCUT2D eigenvalue weighted by atomic mass is 35.5. The first-order valence-corrected chi connectivity index (χ1v) is 8.26.